The lowest BCUT2D eigenvalue weighted by atomic mass is 10.4. The molecule has 17 heavy (non-hydrogen) atoms. The molecule has 0 bridgehead atoms. The molecule has 1 rings (SSSR count). The maximum atomic E-state index is 5.48. The minimum absolute atomic E-state index is 0.224. The minimum Gasteiger partial charge on any atom is -0.477 e. The van der Waals surface area contributed by atoms with Gasteiger partial charge in [0.05, 0.1) is 19.8 Å². The molecule has 0 fully saturated rings. The van der Waals surface area contributed by atoms with Crippen molar-refractivity contribution in [1.29, 1.82) is 0 Å². The fourth-order valence-corrected chi connectivity index (χ4v) is 1.16. The van der Waals surface area contributed by atoms with Gasteiger partial charge in [0.15, 0.2) is 0 Å². The molecule has 0 unspecified atom stereocenters. The number of hydrogen-bond donors (Lipinski definition) is 1. The van der Waals surface area contributed by atoms with Gasteiger partial charge in [0.2, 0.25) is 11.8 Å². The average Bonchev–Trinajstić information content (AvgIpc) is 2.32. The normalized spacial score (nSPS) is 10.5. The molecule has 0 aliphatic rings. The smallest absolute Gasteiger partial charge is 0.223 e. The summed E-state index contributed by atoms with van der Waals surface area (Å²) in [5.74, 6) is 0.760. The third-order valence-corrected chi connectivity index (χ3v) is 2.05. The summed E-state index contributed by atoms with van der Waals surface area (Å²) in [5, 5.41) is 0. The Morgan fingerprint density at radius 3 is 2.82 bits per heavy atom. The van der Waals surface area contributed by atoms with E-state index in [2.05, 4.69) is 9.97 Å². The van der Waals surface area contributed by atoms with E-state index in [0.717, 1.165) is 12.0 Å². The maximum absolute atomic E-state index is 5.48. The van der Waals surface area contributed by atoms with E-state index in [4.69, 9.17) is 19.9 Å². The number of nitrogens with zero attached hydrogens (tertiary/aromatic N) is 2. The molecule has 1 aromatic heterocycles. The van der Waals surface area contributed by atoms with E-state index in [9.17, 15) is 0 Å². The van der Waals surface area contributed by atoms with Crippen molar-refractivity contribution in [3.05, 3.63) is 11.8 Å². The lowest BCUT2D eigenvalue weighted by Gasteiger charge is -2.08. The Morgan fingerprint density at radius 2 is 2.06 bits per heavy atom. The maximum Gasteiger partial charge on any atom is 0.223 e. The Balaban J connectivity index is 2.15. The molecule has 6 heteroatoms. The Bertz CT molecular complexity index is 334. The molecular weight excluding hydrogens is 222 g/mol. The van der Waals surface area contributed by atoms with Gasteiger partial charge in [0, 0.05) is 31.9 Å². The molecule has 0 aromatic carbocycles. The quantitative estimate of drug-likeness (QED) is 0.678. The van der Waals surface area contributed by atoms with Crippen LogP contribution in [0.1, 0.15) is 12.0 Å². The molecule has 0 radical (unpaired) electrons. The molecule has 0 aliphatic heterocycles. The molecule has 0 aliphatic carbocycles. The summed E-state index contributed by atoms with van der Waals surface area (Å²) < 4.78 is 15.6. The molecular formula is C11H19N3O3. The van der Waals surface area contributed by atoms with Gasteiger partial charge in [0.1, 0.15) is 0 Å². The molecule has 0 spiro atoms. The first-order chi connectivity index (χ1) is 8.24. The van der Waals surface area contributed by atoms with Crippen molar-refractivity contribution in [2.75, 3.05) is 39.3 Å². The van der Waals surface area contributed by atoms with E-state index < -0.39 is 0 Å². The van der Waals surface area contributed by atoms with E-state index in [1.165, 1.54) is 0 Å². The topological polar surface area (TPSA) is 79.5 Å². The van der Waals surface area contributed by atoms with Crippen molar-refractivity contribution < 1.29 is 14.2 Å². The van der Waals surface area contributed by atoms with Crippen LogP contribution >= 0.6 is 0 Å². The van der Waals surface area contributed by atoms with Gasteiger partial charge in [-0.2, -0.15) is 4.98 Å². The predicted octanol–water partition coefficient (Wildman–Crippen LogP) is 0.799. The van der Waals surface area contributed by atoms with Gasteiger partial charge in [-0.3, -0.25) is 0 Å². The predicted molar refractivity (Wildman–Crippen MR) is 64.0 cm³/mol. The molecule has 0 saturated heterocycles. The number of nitrogens with two attached hydrogens (primary N) is 1. The number of methoxy groups -OCH3 is 1. The highest BCUT2D eigenvalue weighted by molar-refractivity contribution is 5.28. The number of nitrogen functional groups attached to an aromatic ring is 1. The molecule has 0 saturated carbocycles. The Kier molecular flexibility index (Phi) is 6.27. The third-order valence-electron chi connectivity index (χ3n) is 2.05. The van der Waals surface area contributed by atoms with Gasteiger partial charge in [-0.1, -0.05) is 0 Å². The van der Waals surface area contributed by atoms with Crippen molar-refractivity contribution in [2.24, 2.45) is 0 Å². The molecule has 96 valence electrons. The Hall–Kier alpha value is -1.40. The number of aryl methyl sites for hydroxylation is 1. The first-order valence-corrected chi connectivity index (χ1v) is 5.52. The van der Waals surface area contributed by atoms with Crippen LogP contribution in [0.4, 0.5) is 5.95 Å². The van der Waals surface area contributed by atoms with Crippen LogP contribution in [0.25, 0.3) is 0 Å². The summed E-state index contributed by atoms with van der Waals surface area (Å²) in [6.45, 7) is 4.29. The summed E-state index contributed by atoms with van der Waals surface area (Å²) >= 11 is 0. The highest BCUT2D eigenvalue weighted by Gasteiger charge is 2.02. The Morgan fingerprint density at radius 1 is 1.24 bits per heavy atom. The monoisotopic (exact) mass is 241 g/mol. The second kappa shape index (κ2) is 7.81. The number of rotatable bonds is 8. The van der Waals surface area contributed by atoms with Crippen molar-refractivity contribution in [3.63, 3.8) is 0 Å². The van der Waals surface area contributed by atoms with Crippen LogP contribution in [-0.4, -0.2) is 43.5 Å². The largest absolute Gasteiger partial charge is 0.477 e. The van der Waals surface area contributed by atoms with Gasteiger partial charge in [-0.25, -0.2) is 4.98 Å². The van der Waals surface area contributed by atoms with Crippen molar-refractivity contribution >= 4 is 5.95 Å². The second-order valence-electron chi connectivity index (χ2n) is 3.52. The summed E-state index contributed by atoms with van der Waals surface area (Å²) in [6, 6.07) is 0. The zero-order valence-electron chi connectivity index (χ0n) is 10.3. The van der Waals surface area contributed by atoms with E-state index in [-0.39, 0.29) is 5.95 Å². The van der Waals surface area contributed by atoms with Gasteiger partial charge < -0.3 is 19.9 Å². The van der Waals surface area contributed by atoms with Crippen LogP contribution in [0.5, 0.6) is 5.88 Å². The first-order valence-electron chi connectivity index (χ1n) is 5.52. The van der Waals surface area contributed by atoms with E-state index in [0.29, 0.717) is 32.3 Å². The van der Waals surface area contributed by atoms with Crippen LogP contribution < -0.4 is 10.5 Å². The number of anilines is 1. The molecule has 0 atom stereocenters. The molecule has 1 heterocycles. The lowest BCUT2D eigenvalue weighted by Crippen LogP contribution is -2.08. The summed E-state index contributed by atoms with van der Waals surface area (Å²) in [5.41, 5.74) is 6.35. The standard InChI is InChI=1S/C11H19N3O3/c1-9-8-13-11(12)14-10(9)17-5-3-4-16-7-6-15-2/h8H,3-7H2,1-2H3,(H2,12,13,14). The van der Waals surface area contributed by atoms with E-state index >= 15 is 0 Å². The highest BCUT2D eigenvalue weighted by Crippen LogP contribution is 2.13. The second-order valence-corrected chi connectivity index (χ2v) is 3.52. The van der Waals surface area contributed by atoms with Crippen molar-refractivity contribution in [3.8, 4) is 5.88 Å². The Labute approximate surface area is 101 Å². The van der Waals surface area contributed by atoms with Crippen molar-refractivity contribution in [1.82, 2.24) is 9.97 Å². The van der Waals surface area contributed by atoms with E-state index in [1.54, 1.807) is 13.3 Å². The summed E-state index contributed by atoms with van der Waals surface area (Å²) in [4.78, 5) is 7.87. The number of ether oxygens (including phenoxy) is 3. The van der Waals surface area contributed by atoms with Crippen LogP contribution in [0, 0.1) is 6.92 Å². The minimum atomic E-state index is 0.224. The summed E-state index contributed by atoms with van der Waals surface area (Å²) in [6.07, 6.45) is 2.44. The number of aromatic nitrogens is 2. The zero-order valence-corrected chi connectivity index (χ0v) is 10.3. The zero-order chi connectivity index (χ0) is 12.5. The fourth-order valence-electron chi connectivity index (χ4n) is 1.16. The number of hydrogen-bond acceptors (Lipinski definition) is 6. The third kappa shape index (κ3) is 5.46. The SMILES string of the molecule is COCCOCCCOc1nc(N)ncc1C. The fraction of sp³-hybridized carbons (Fsp3) is 0.636. The lowest BCUT2D eigenvalue weighted by molar-refractivity contribution is 0.0641. The van der Waals surface area contributed by atoms with Crippen LogP contribution in [0.3, 0.4) is 0 Å². The van der Waals surface area contributed by atoms with Gasteiger partial charge >= 0.3 is 0 Å². The van der Waals surface area contributed by atoms with Gasteiger partial charge in [-0.05, 0) is 6.92 Å². The van der Waals surface area contributed by atoms with Crippen LogP contribution in [0.2, 0.25) is 0 Å². The van der Waals surface area contributed by atoms with Crippen molar-refractivity contribution in [2.45, 2.75) is 13.3 Å². The van der Waals surface area contributed by atoms with Crippen LogP contribution in [0.15, 0.2) is 6.20 Å². The highest BCUT2D eigenvalue weighted by atomic mass is 16.5. The molecule has 0 amide bonds. The van der Waals surface area contributed by atoms with Gasteiger partial charge in [-0.15, -0.1) is 0 Å². The molecule has 2 N–H and O–H groups in total. The summed E-state index contributed by atoms with van der Waals surface area (Å²) in [7, 11) is 1.65. The molecule has 6 nitrogen and oxygen atoms in total. The van der Waals surface area contributed by atoms with E-state index in [1.807, 2.05) is 6.92 Å². The van der Waals surface area contributed by atoms with Crippen LogP contribution in [-0.2, 0) is 9.47 Å². The van der Waals surface area contributed by atoms with Gasteiger partial charge in [0.25, 0.3) is 0 Å². The average molecular weight is 241 g/mol. The first kappa shape index (κ1) is 13.7. The molecule has 1 aromatic rings.